The summed E-state index contributed by atoms with van der Waals surface area (Å²) in [6.07, 6.45) is -3.89. The SMILES string of the molecule is CSSCCCC(=O)O[C@H]1C(=O)[C@@]2(C)[C@H]([C@H](OC(=O)c3ccoc3)[C@]3(O)C[C@H](OC(=O)[C@H](O)[C@@H](NC(=O)c4ccco4)c4ccco4)C(C)=C1C3(C)C)[C@]1(OC(C)=O)CO[C@@H]1C[C@@H]2O. The van der Waals surface area contributed by atoms with Gasteiger partial charge in [0.2, 0.25) is 0 Å². The second-order valence-corrected chi connectivity index (χ2v) is 19.9. The van der Waals surface area contributed by atoms with E-state index in [9.17, 15) is 39.3 Å². The minimum absolute atomic E-state index is 0.0242. The van der Waals surface area contributed by atoms with Crippen molar-refractivity contribution in [3.63, 3.8) is 0 Å². The van der Waals surface area contributed by atoms with Crippen LogP contribution in [0.25, 0.3) is 0 Å². The first-order chi connectivity index (χ1) is 30.3. The Morgan fingerprint density at radius 3 is 2.36 bits per heavy atom. The van der Waals surface area contributed by atoms with Gasteiger partial charge in [-0.25, -0.2) is 9.59 Å². The average molecular weight is 930 g/mol. The summed E-state index contributed by atoms with van der Waals surface area (Å²) in [6, 6.07) is 5.50. The highest BCUT2D eigenvalue weighted by Gasteiger charge is 2.78. The number of aliphatic hydroxyl groups excluding tert-OH is 2. The molecule has 7 rings (SSSR count). The molecule has 0 unspecified atom stereocenters. The van der Waals surface area contributed by atoms with Gasteiger partial charge in [0.05, 0.1) is 48.4 Å². The lowest BCUT2D eigenvalue weighted by Crippen LogP contribution is -2.82. The zero-order chi connectivity index (χ0) is 46.4. The largest absolute Gasteiger partial charge is 0.472 e. The molecule has 3 fully saturated rings. The molecule has 2 saturated carbocycles. The molecule has 2 bridgehead atoms. The van der Waals surface area contributed by atoms with Crippen LogP contribution < -0.4 is 5.32 Å². The lowest BCUT2D eigenvalue weighted by Gasteiger charge is -2.67. The Hall–Kier alpha value is -4.86. The second kappa shape index (κ2) is 18.2. The maximum Gasteiger partial charge on any atom is 0.341 e. The molecule has 3 aromatic heterocycles. The summed E-state index contributed by atoms with van der Waals surface area (Å²) in [5.74, 6) is -6.77. The number of fused-ring (bicyclic) bond motifs is 5. The Balaban J connectivity index is 1.38. The summed E-state index contributed by atoms with van der Waals surface area (Å²) >= 11 is 0. The standard InChI is InChI=1S/C44H51NO17S2/c1-22-27(59-40(53)33(49)32(25-10-7-14-56-25)45-38(51)26-11-8-15-57-26)19-44(54)37(61-39(52)24-13-16-55-20-24)35-42(5,28(47)18-29-43(35,21-58-29)62-23(2)46)36(50)34(31(22)41(44,3)4)60-30(48)12-9-17-64-63-6/h7-8,10-11,13-16,20,27-29,32-35,37,47,49,54H,9,12,17-19,21H2,1-6H3,(H,45,51)/t27-,28-,29+,32-,33+,34+,35-,37-,42+,43-,44+/m0/s1. The third-order valence-electron chi connectivity index (χ3n) is 13.3. The van der Waals surface area contributed by atoms with E-state index in [0.717, 1.165) is 13.2 Å². The summed E-state index contributed by atoms with van der Waals surface area (Å²) in [4.78, 5) is 84.2. The highest BCUT2D eigenvalue weighted by atomic mass is 33.1. The molecule has 0 radical (unpaired) electrons. The summed E-state index contributed by atoms with van der Waals surface area (Å²) in [6.45, 7) is 6.80. The minimum atomic E-state index is -2.44. The van der Waals surface area contributed by atoms with Crippen LogP contribution in [-0.4, -0.2) is 117 Å². The van der Waals surface area contributed by atoms with Gasteiger partial charge >= 0.3 is 23.9 Å². The highest BCUT2D eigenvalue weighted by molar-refractivity contribution is 8.76. The van der Waals surface area contributed by atoms with Gasteiger partial charge in [0, 0.05) is 37.4 Å². The molecule has 11 atom stereocenters. The number of hydrogen-bond acceptors (Lipinski definition) is 19. The molecule has 64 heavy (non-hydrogen) atoms. The van der Waals surface area contributed by atoms with Crippen molar-refractivity contribution in [2.24, 2.45) is 16.7 Å². The molecule has 20 heteroatoms. The lowest BCUT2D eigenvalue weighted by molar-refractivity contribution is -0.346. The van der Waals surface area contributed by atoms with E-state index < -0.39 is 113 Å². The summed E-state index contributed by atoms with van der Waals surface area (Å²) in [5, 5.41) is 40.1. The second-order valence-electron chi connectivity index (χ2n) is 17.2. The number of aliphatic hydroxyl groups is 3. The predicted molar refractivity (Wildman–Crippen MR) is 224 cm³/mol. The Labute approximate surface area is 375 Å². The van der Waals surface area contributed by atoms with E-state index in [4.69, 9.17) is 36.9 Å². The van der Waals surface area contributed by atoms with E-state index in [-0.39, 0.29) is 47.7 Å². The molecule has 4 aliphatic rings. The zero-order valence-electron chi connectivity index (χ0n) is 35.9. The molecular weight excluding hydrogens is 879 g/mol. The van der Waals surface area contributed by atoms with Gasteiger partial charge in [0.15, 0.2) is 29.4 Å². The van der Waals surface area contributed by atoms with Crippen molar-refractivity contribution >= 4 is 57.2 Å². The Morgan fingerprint density at radius 2 is 1.75 bits per heavy atom. The number of ether oxygens (including phenoxy) is 5. The molecule has 4 heterocycles. The van der Waals surface area contributed by atoms with E-state index in [1.54, 1.807) is 13.8 Å². The quantitative estimate of drug-likeness (QED) is 0.0545. The van der Waals surface area contributed by atoms with Crippen LogP contribution >= 0.6 is 21.6 Å². The number of ketones is 1. The monoisotopic (exact) mass is 929 g/mol. The molecule has 3 aromatic rings. The predicted octanol–water partition coefficient (Wildman–Crippen LogP) is 4.29. The minimum Gasteiger partial charge on any atom is -0.472 e. The van der Waals surface area contributed by atoms with Crippen LogP contribution in [0, 0.1) is 16.7 Å². The fourth-order valence-electron chi connectivity index (χ4n) is 9.95. The number of rotatable bonds is 15. The van der Waals surface area contributed by atoms with Crippen LogP contribution in [-0.2, 0) is 42.9 Å². The van der Waals surface area contributed by atoms with Crippen molar-refractivity contribution in [2.75, 3.05) is 18.6 Å². The summed E-state index contributed by atoms with van der Waals surface area (Å²) in [7, 11) is 3.03. The normalized spacial score (nSPS) is 31.4. The molecule has 1 saturated heterocycles. The van der Waals surface area contributed by atoms with Gasteiger partial charge in [0.1, 0.15) is 42.0 Å². The molecule has 4 N–H and O–H groups in total. The van der Waals surface area contributed by atoms with Crippen LogP contribution in [0.3, 0.4) is 0 Å². The maximum atomic E-state index is 15.7. The number of nitrogens with one attached hydrogen (secondary N) is 1. The van der Waals surface area contributed by atoms with Gasteiger partial charge in [0.25, 0.3) is 5.91 Å². The third kappa shape index (κ3) is 8.10. The molecule has 3 aliphatic carbocycles. The first-order valence-corrected chi connectivity index (χ1v) is 23.4. The molecule has 1 amide bonds. The van der Waals surface area contributed by atoms with Gasteiger partial charge in [-0.15, -0.1) is 0 Å². The van der Waals surface area contributed by atoms with E-state index in [1.807, 2.05) is 6.26 Å². The maximum absolute atomic E-state index is 15.7. The van der Waals surface area contributed by atoms with Crippen LogP contribution in [0.1, 0.15) is 93.0 Å². The number of hydrogen-bond donors (Lipinski definition) is 4. The summed E-state index contributed by atoms with van der Waals surface area (Å²) in [5.41, 5.74) is -8.02. The first kappa shape index (κ1) is 47.1. The fraction of sp³-hybridized carbons (Fsp3) is 0.545. The van der Waals surface area contributed by atoms with Gasteiger partial charge in [-0.3, -0.25) is 19.2 Å². The fourth-order valence-corrected chi connectivity index (χ4v) is 11.2. The molecule has 346 valence electrons. The van der Waals surface area contributed by atoms with Crippen LogP contribution in [0.2, 0.25) is 0 Å². The van der Waals surface area contributed by atoms with Crippen LogP contribution in [0.15, 0.2) is 79.8 Å². The molecule has 1 aliphatic heterocycles. The molecule has 0 aromatic carbocycles. The summed E-state index contributed by atoms with van der Waals surface area (Å²) < 4.78 is 46.3. The number of carbonyl (C=O) groups is 6. The molecule has 0 spiro atoms. The van der Waals surface area contributed by atoms with Crippen LogP contribution in [0.5, 0.6) is 0 Å². The number of furan rings is 3. The topological polar surface area (TPSA) is 261 Å². The average Bonchev–Trinajstić information content (AvgIpc) is 4.08. The van der Waals surface area contributed by atoms with Crippen molar-refractivity contribution in [2.45, 2.75) is 114 Å². The lowest BCUT2D eigenvalue weighted by atomic mass is 9.44. The smallest absolute Gasteiger partial charge is 0.341 e. The Bertz CT molecular complexity index is 2260. The van der Waals surface area contributed by atoms with Crippen molar-refractivity contribution in [1.29, 1.82) is 0 Å². The Morgan fingerprint density at radius 1 is 1.02 bits per heavy atom. The van der Waals surface area contributed by atoms with E-state index >= 15 is 4.79 Å². The van der Waals surface area contributed by atoms with E-state index in [2.05, 4.69) is 5.32 Å². The number of esters is 4. The van der Waals surface area contributed by atoms with Crippen molar-refractivity contribution in [3.8, 4) is 0 Å². The number of carbonyl (C=O) groups excluding carboxylic acids is 6. The van der Waals surface area contributed by atoms with Gasteiger partial charge in [-0.05, 0) is 68.0 Å². The van der Waals surface area contributed by atoms with E-state index in [1.165, 1.54) is 84.6 Å². The third-order valence-corrected chi connectivity index (χ3v) is 15.2. The van der Waals surface area contributed by atoms with Crippen molar-refractivity contribution < 1.29 is 81.0 Å². The molecular formula is C44H51NO17S2. The van der Waals surface area contributed by atoms with Gasteiger partial charge < -0.3 is 57.6 Å². The van der Waals surface area contributed by atoms with E-state index in [0.29, 0.717) is 12.2 Å². The van der Waals surface area contributed by atoms with Gasteiger partial charge in [-0.2, -0.15) is 0 Å². The van der Waals surface area contributed by atoms with Crippen LogP contribution in [0.4, 0.5) is 0 Å². The van der Waals surface area contributed by atoms with Crippen molar-refractivity contribution in [1.82, 2.24) is 5.32 Å². The highest BCUT2D eigenvalue weighted by Crippen LogP contribution is 2.64. The zero-order valence-corrected chi connectivity index (χ0v) is 37.6. The first-order valence-electron chi connectivity index (χ1n) is 20.6. The Kier molecular flexibility index (Phi) is 13.4. The number of Topliss-reactive ketones (excluding diaryl/α,β-unsaturated/α-hetero) is 1. The number of amides is 1. The molecule has 18 nitrogen and oxygen atoms in total. The van der Waals surface area contributed by atoms with Crippen molar-refractivity contribution in [3.05, 3.63) is 83.6 Å². The van der Waals surface area contributed by atoms with Gasteiger partial charge in [-0.1, -0.05) is 35.4 Å².